The third-order valence-corrected chi connectivity index (χ3v) is 8.05. The zero-order chi connectivity index (χ0) is 31.5. The molecule has 1 amide bonds. The Balaban J connectivity index is 1.47. The summed E-state index contributed by atoms with van der Waals surface area (Å²) >= 11 is 0. The molecule has 7 heteroatoms. The smallest absolute Gasteiger partial charge is 0.237 e. The van der Waals surface area contributed by atoms with Crippen LogP contribution in [0.4, 0.5) is 0 Å². The number of hydrogen-bond donors (Lipinski definition) is 2. The number of aromatic nitrogens is 1. The minimum Gasteiger partial charge on any atom is -0.491 e. The normalized spacial score (nSPS) is 12.5. The van der Waals surface area contributed by atoms with Crippen LogP contribution < -0.4 is 4.74 Å². The number of methoxy groups -OCH3 is 1. The minimum absolute atomic E-state index is 0.0363. The van der Waals surface area contributed by atoms with Crippen LogP contribution in [0.3, 0.4) is 0 Å². The van der Waals surface area contributed by atoms with E-state index in [1.807, 2.05) is 59.3 Å². The summed E-state index contributed by atoms with van der Waals surface area (Å²) in [6.07, 6.45) is 2.81. The molecule has 0 saturated heterocycles. The lowest BCUT2D eigenvalue weighted by Gasteiger charge is -2.29. The molecule has 0 fully saturated rings. The molecule has 236 valence electrons. The van der Waals surface area contributed by atoms with Crippen molar-refractivity contribution in [1.29, 1.82) is 0 Å². The van der Waals surface area contributed by atoms with Crippen LogP contribution in [0.25, 0.3) is 10.9 Å². The summed E-state index contributed by atoms with van der Waals surface area (Å²) in [4.78, 5) is 21.3. The number of aliphatic hydroxyl groups is 1. The fourth-order valence-corrected chi connectivity index (χ4v) is 5.43. The number of H-pyrrole nitrogens is 1. The van der Waals surface area contributed by atoms with Crippen LogP contribution in [0.1, 0.15) is 49.4 Å². The maximum atomic E-state index is 14.0. The molecule has 0 aliphatic heterocycles. The van der Waals surface area contributed by atoms with Crippen molar-refractivity contribution in [3.63, 3.8) is 0 Å². The Morgan fingerprint density at radius 3 is 2.43 bits per heavy atom. The van der Waals surface area contributed by atoms with Gasteiger partial charge in [-0.25, -0.2) is 0 Å². The lowest BCUT2D eigenvalue weighted by molar-refractivity contribution is -0.133. The average molecular weight is 600 g/mol. The van der Waals surface area contributed by atoms with E-state index in [0.717, 1.165) is 35.2 Å². The highest BCUT2D eigenvalue weighted by atomic mass is 16.5. The number of amides is 1. The quantitative estimate of drug-likeness (QED) is 0.152. The number of aromatic amines is 1. The largest absolute Gasteiger partial charge is 0.491 e. The standard InChI is InChI=1S/C37H49N3O4/c1-28-11-6-9-14-35(28)44-27-32(41)25-39(20-10-22-43-5)26-36(42)40(24-29-15-17-31(18-16-29)37(2,3)4)21-19-30-23-38-34-13-8-7-12-33(30)34/h6-9,11-18,23,32,38,41H,10,19-22,24-27H2,1-5H3/t32-/m0/s1. The summed E-state index contributed by atoms with van der Waals surface area (Å²) in [5.41, 5.74) is 5.75. The van der Waals surface area contributed by atoms with Crippen LogP contribution in [0, 0.1) is 6.92 Å². The van der Waals surface area contributed by atoms with Gasteiger partial charge in [-0.3, -0.25) is 9.69 Å². The molecule has 44 heavy (non-hydrogen) atoms. The number of fused-ring (bicyclic) bond motifs is 1. The topological polar surface area (TPSA) is 78.0 Å². The van der Waals surface area contributed by atoms with E-state index in [1.165, 1.54) is 16.5 Å². The molecule has 1 atom stereocenters. The number of benzene rings is 3. The molecule has 4 aromatic rings. The second kappa shape index (κ2) is 15.9. The van der Waals surface area contributed by atoms with Gasteiger partial charge in [0.1, 0.15) is 18.5 Å². The number of carbonyl (C=O) groups is 1. The van der Waals surface area contributed by atoms with Gasteiger partial charge in [-0.15, -0.1) is 0 Å². The van der Waals surface area contributed by atoms with E-state index < -0.39 is 6.10 Å². The molecular weight excluding hydrogens is 550 g/mol. The maximum Gasteiger partial charge on any atom is 0.237 e. The molecule has 0 unspecified atom stereocenters. The van der Waals surface area contributed by atoms with E-state index in [-0.39, 0.29) is 24.5 Å². The summed E-state index contributed by atoms with van der Waals surface area (Å²) in [5, 5.41) is 12.1. The number of aryl methyl sites for hydroxylation is 1. The first-order valence-corrected chi connectivity index (χ1v) is 15.6. The molecule has 1 heterocycles. The van der Waals surface area contributed by atoms with Crippen LogP contribution in [-0.2, 0) is 27.9 Å². The highest BCUT2D eigenvalue weighted by Gasteiger charge is 2.22. The highest BCUT2D eigenvalue weighted by Crippen LogP contribution is 2.23. The van der Waals surface area contributed by atoms with Crippen molar-refractivity contribution in [2.24, 2.45) is 0 Å². The fourth-order valence-electron chi connectivity index (χ4n) is 5.43. The van der Waals surface area contributed by atoms with Crippen LogP contribution in [0.5, 0.6) is 5.75 Å². The van der Waals surface area contributed by atoms with Crippen LogP contribution in [0.15, 0.2) is 79.0 Å². The van der Waals surface area contributed by atoms with Gasteiger partial charge in [0.25, 0.3) is 0 Å². The monoisotopic (exact) mass is 599 g/mol. The molecule has 0 radical (unpaired) electrons. The van der Waals surface area contributed by atoms with Gasteiger partial charge in [0.15, 0.2) is 0 Å². The maximum absolute atomic E-state index is 14.0. The number of rotatable bonds is 16. The van der Waals surface area contributed by atoms with Crippen molar-refractivity contribution in [3.8, 4) is 5.75 Å². The first-order valence-electron chi connectivity index (χ1n) is 15.6. The highest BCUT2D eigenvalue weighted by molar-refractivity contribution is 5.83. The Morgan fingerprint density at radius 2 is 1.70 bits per heavy atom. The second-order valence-electron chi connectivity index (χ2n) is 12.7. The molecule has 1 aromatic heterocycles. The fraction of sp³-hybridized carbons (Fsp3) is 0.432. The molecule has 0 bridgehead atoms. The third-order valence-electron chi connectivity index (χ3n) is 8.05. The Kier molecular flexibility index (Phi) is 12.0. The Hall–Kier alpha value is -3.65. The molecule has 3 aromatic carbocycles. The molecule has 0 saturated carbocycles. The number of nitrogens with one attached hydrogen (secondary N) is 1. The van der Waals surface area contributed by atoms with E-state index in [9.17, 15) is 9.90 Å². The molecule has 0 aliphatic rings. The Labute approximate surface area is 262 Å². The summed E-state index contributed by atoms with van der Waals surface area (Å²) in [6, 6.07) is 24.6. The van der Waals surface area contributed by atoms with Gasteiger partial charge in [-0.2, -0.15) is 0 Å². The van der Waals surface area contributed by atoms with Gasteiger partial charge >= 0.3 is 0 Å². The van der Waals surface area contributed by atoms with Crippen molar-refractivity contribution in [1.82, 2.24) is 14.8 Å². The van der Waals surface area contributed by atoms with Gasteiger partial charge in [0.2, 0.25) is 5.91 Å². The van der Waals surface area contributed by atoms with E-state index in [1.54, 1.807) is 7.11 Å². The predicted octanol–water partition coefficient (Wildman–Crippen LogP) is 6.12. The number of carbonyl (C=O) groups excluding carboxylic acids is 1. The number of nitrogens with zero attached hydrogens (tertiary/aromatic N) is 2. The molecule has 7 nitrogen and oxygen atoms in total. The second-order valence-corrected chi connectivity index (χ2v) is 12.7. The van der Waals surface area contributed by atoms with Gasteiger partial charge in [0.05, 0.1) is 6.54 Å². The number of aliphatic hydroxyl groups excluding tert-OH is 1. The van der Waals surface area contributed by atoms with Crippen molar-refractivity contribution in [3.05, 3.63) is 101 Å². The van der Waals surface area contributed by atoms with Gasteiger partial charge < -0.3 is 24.5 Å². The Morgan fingerprint density at radius 1 is 0.977 bits per heavy atom. The van der Waals surface area contributed by atoms with Crippen LogP contribution in [0.2, 0.25) is 0 Å². The summed E-state index contributed by atoms with van der Waals surface area (Å²) < 4.78 is 11.2. The van der Waals surface area contributed by atoms with Crippen molar-refractivity contribution in [2.45, 2.75) is 58.6 Å². The van der Waals surface area contributed by atoms with Gasteiger partial charge in [-0.1, -0.05) is 81.4 Å². The lowest BCUT2D eigenvalue weighted by Crippen LogP contribution is -2.44. The van der Waals surface area contributed by atoms with Gasteiger partial charge in [-0.05, 0) is 59.6 Å². The average Bonchev–Trinajstić information content (AvgIpc) is 3.41. The van der Waals surface area contributed by atoms with E-state index in [2.05, 4.69) is 62.2 Å². The third kappa shape index (κ3) is 9.68. The molecule has 4 rings (SSSR count). The summed E-state index contributed by atoms with van der Waals surface area (Å²) in [5.74, 6) is 0.795. The summed E-state index contributed by atoms with van der Waals surface area (Å²) in [6.45, 7) is 11.6. The van der Waals surface area contributed by atoms with E-state index in [0.29, 0.717) is 32.8 Å². The first-order chi connectivity index (χ1) is 21.1. The molecule has 2 N–H and O–H groups in total. The lowest BCUT2D eigenvalue weighted by atomic mass is 9.87. The number of hydrogen-bond acceptors (Lipinski definition) is 5. The molecule has 0 aliphatic carbocycles. The molecule has 0 spiro atoms. The van der Waals surface area contributed by atoms with Crippen LogP contribution in [-0.4, -0.2) is 78.4 Å². The molecular formula is C37H49N3O4. The first kappa shape index (κ1) is 33.2. The number of para-hydroxylation sites is 2. The SMILES string of the molecule is COCCCN(CC(=O)N(CCc1c[nH]c2ccccc12)Cc1ccc(C(C)(C)C)cc1)C[C@H](O)COc1ccccc1C. The summed E-state index contributed by atoms with van der Waals surface area (Å²) in [7, 11) is 1.68. The number of ether oxygens (including phenoxy) is 2. The van der Waals surface area contributed by atoms with Crippen molar-refractivity contribution >= 4 is 16.8 Å². The van der Waals surface area contributed by atoms with E-state index in [4.69, 9.17) is 9.47 Å². The van der Waals surface area contributed by atoms with Crippen molar-refractivity contribution < 1.29 is 19.4 Å². The predicted molar refractivity (Wildman–Crippen MR) is 178 cm³/mol. The van der Waals surface area contributed by atoms with Crippen molar-refractivity contribution in [2.75, 3.05) is 46.5 Å². The van der Waals surface area contributed by atoms with Gasteiger partial charge in [0, 0.05) is 57.0 Å². The zero-order valence-electron chi connectivity index (χ0n) is 27.0. The van der Waals surface area contributed by atoms with Crippen LogP contribution >= 0.6 is 0 Å². The zero-order valence-corrected chi connectivity index (χ0v) is 27.0. The Bertz CT molecular complexity index is 1460. The van der Waals surface area contributed by atoms with E-state index >= 15 is 0 Å². The minimum atomic E-state index is -0.741.